The van der Waals surface area contributed by atoms with E-state index in [2.05, 4.69) is 20.1 Å². The zero-order valence-electron chi connectivity index (χ0n) is 11.3. The molecule has 21 heavy (non-hydrogen) atoms. The Kier molecular flexibility index (Phi) is 4.55. The Morgan fingerprint density at radius 2 is 1.81 bits per heavy atom. The van der Waals surface area contributed by atoms with Crippen LogP contribution >= 0.6 is 0 Å². The molecule has 0 unspecified atom stereocenters. The average Bonchev–Trinajstić information content (AvgIpc) is 2.49. The number of hydrogen-bond acceptors (Lipinski definition) is 7. The molecular formula is C12H15N5O3S. The fourth-order valence-electron chi connectivity index (χ4n) is 1.53. The third-order valence-electron chi connectivity index (χ3n) is 2.49. The minimum Gasteiger partial charge on any atom is -0.494 e. The summed E-state index contributed by atoms with van der Waals surface area (Å²) in [5.41, 5.74) is 2.64. The Morgan fingerprint density at radius 1 is 1.19 bits per heavy atom. The molecule has 0 atom stereocenters. The highest BCUT2D eigenvalue weighted by Gasteiger charge is 2.15. The quantitative estimate of drug-likeness (QED) is 0.537. The summed E-state index contributed by atoms with van der Waals surface area (Å²) in [5.74, 6) is 5.92. The molecule has 0 bridgehead atoms. The summed E-state index contributed by atoms with van der Waals surface area (Å²) < 4.78 is 32.0. The summed E-state index contributed by atoms with van der Waals surface area (Å²) >= 11 is 0. The van der Waals surface area contributed by atoms with Gasteiger partial charge in [0.05, 0.1) is 19.0 Å². The molecule has 112 valence electrons. The number of ether oxygens (including phenoxy) is 1. The highest BCUT2D eigenvalue weighted by Crippen LogP contribution is 2.19. The first-order valence-corrected chi connectivity index (χ1v) is 7.58. The van der Waals surface area contributed by atoms with E-state index in [4.69, 9.17) is 10.6 Å². The minimum absolute atomic E-state index is 0.0598. The van der Waals surface area contributed by atoms with Crippen LogP contribution in [0.4, 0.5) is 11.6 Å². The van der Waals surface area contributed by atoms with Crippen LogP contribution in [0, 0.1) is 0 Å². The highest BCUT2D eigenvalue weighted by atomic mass is 32.2. The summed E-state index contributed by atoms with van der Waals surface area (Å²) in [6.07, 6.45) is 2.33. The fraction of sp³-hybridized carbons (Fsp3) is 0.167. The second-order valence-corrected chi connectivity index (χ2v) is 5.63. The van der Waals surface area contributed by atoms with Crippen LogP contribution in [0.25, 0.3) is 0 Å². The Hall–Kier alpha value is -2.39. The lowest BCUT2D eigenvalue weighted by atomic mass is 10.3. The van der Waals surface area contributed by atoms with Gasteiger partial charge in [0.25, 0.3) is 10.0 Å². The van der Waals surface area contributed by atoms with Gasteiger partial charge in [-0.2, -0.15) is 0 Å². The number of sulfonamides is 1. The van der Waals surface area contributed by atoms with E-state index in [1.165, 1.54) is 12.4 Å². The van der Waals surface area contributed by atoms with Gasteiger partial charge >= 0.3 is 0 Å². The molecular weight excluding hydrogens is 294 g/mol. The van der Waals surface area contributed by atoms with E-state index in [1.807, 2.05) is 6.92 Å². The maximum Gasteiger partial charge on any atom is 0.264 e. The van der Waals surface area contributed by atoms with Crippen molar-refractivity contribution in [2.45, 2.75) is 11.8 Å². The van der Waals surface area contributed by atoms with Crippen molar-refractivity contribution in [3.63, 3.8) is 0 Å². The van der Waals surface area contributed by atoms with E-state index < -0.39 is 10.0 Å². The van der Waals surface area contributed by atoms with E-state index in [-0.39, 0.29) is 10.8 Å². The molecule has 0 saturated carbocycles. The van der Waals surface area contributed by atoms with Gasteiger partial charge in [-0.25, -0.2) is 24.2 Å². The number of nitrogens with one attached hydrogen (secondary N) is 2. The monoisotopic (exact) mass is 309 g/mol. The molecule has 0 aliphatic heterocycles. The number of anilines is 2. The first-order valence-electron chi connectivity index (χ1n) is 6.09. The maximum absolute atomic E-state index is 12.1. The van der Waals surface area contributed by atoms with Crippen LogP contribution in [0.15, 0.2) is 41.6 Å². The first-order chi connectivity index (χ1) is 10.0. The lowest BCUT2D eigenvalue weighted by Crippen LogP contribution is -2.15. The molecule has 2 aromatic rings. The van der Waals surface area contributed by atoms with Crippen LogP contribution in [0.3, 0.4) is 0 Å². The van der Waals surface area contributed by atoms with Crippen LogP contribution in [0.2, 0.25) is 0 Å². The van der Waals surface area contributed by atoms with Crippen molar-refractivity contribution in [3.05, 3.63) is 36.7 Å². The van der Waals surface area contributed by atoms with Crippen LogP contribution in [-0.4, -0.2) is 25.0 Å². The topological polar surface area (TPSA) is 119 Å². The third kappa shape index (κ3) is 3.80. The second-order valence-electron chi connectivity index (χ2n) is 3.95. The predicted octanol–water partition coefficient (Wildman–Crippen LogP) is 0.962. The Labute approximate surface area is 122 Å². The van der Waals surface area contributed by atoms with Crippen molar-refractivity contribution in [2.75, 3.05) is 16.8 Å². The van der Waals surface area contributed by atoms with Crippen molar-refractivity contribution in [2.24, 2.45) is 5.84 Å². The normalized spacial score (nSPS) is 11.0. The summed E-state index contributed by atoms with van der Waals surface area (Å²) in [5, 5.41) is 0. The van der Waals surface area contributed by atoms with Gasteiger partial charge in [-0.1, -0.05) is 0 Å². The number of nitrogen functional groups attached to an aromatic ring is 1. The smallest absolute Gasteiger partial charge is 0.264 e. The Balaban J connectivity index is 2.16. The fourth-order valence-corrected chi connectivity index (χ4v) is 2.48. The maximum atomic E-state index is 12.1. The molecule has 1 aromatic heterocycles. The van der Waals surface area contributed by atoms with Gasteiger partial charge < -0.3 is 4.74 Å². The predicted molar refractivity (Wildman–Crippen MR) is 78.3 cm³/mol. The molecule has 1 heterocycles. The summed E-state index contributed by atoms with van der Waals surface area (Å²) in [6, 6.07) is 6.58. The van der Waals surface area contributed by atoms with Gasteiger partial charge in [-0.05, 0) is 31.2 Å². The molecule has 0 saturated heterocycles. The largest absolute Gasteiger partial charge is 0.494 e. The summed E-state index contributed by atoms with van der Waals surface area (Å²) in [6.45, 7) is 2.42. The molecule has 0 amide bonds. The number of hydrazine groups is 1. The molecule has 0 aliphatic carbocycles. The lowest BCUT2D eigenvalue weighted by molar-refractivity contribution is 0.340. The zero-order valence-corrected chi connectivity index (χ0v) is 12.1. The van der Waals surface area contributed by atoms with Crippen LogP contribution < -0.4 is 20.7 Å². The van der Waals surface area contributed by atoms with Gasteiger partial charge in [-0.15, -0.1) is 0 Å². The molecule has 0 spiro atoms. The number of nitrogens with two attached hydrogens (primary N) is 1. The minimum atomic E-state index is -3.75. The van der Waals surface area contributed by atoms with E-state index in [0.29, 0.717) is 18.0 Å². The highest BCUT2D eigenvalue weighted by molar-refractivity contribution is 7.92. The number of nitrogens with zero attached hydrogens (tertiary/aromatic N) is 2. The Morgan fingerprint density at radius 3 is 2.33 bits per heavy atom. The first kappa shape index (κ1) is 15.0. The zero-order chi connectivity index (χ0) is 15.3. The van der Waals surface area contributed by atoms with Crippen molar-refractivity contribution in [1.82, 2.24) is 9.97 Å². The van der Waals surface area contributed by atoms with Gasteiger partial charge in [0.1, 0.15) is 10.6 Å². The van der Waals surface area contributed by atoms with Gasteiger partial charge in [0, 0.05) is 5.69 Å². The molecule has 0 aliphatic rings. The average molecular weight is 309 g/mol. The number of rotatable bonds is 6. The SMILES string of the molecule is CCOc1ccc(NS(=O)(=O)c2cnc(NN)nc2)cc1. The molecule has 1 aromatic carbocycles. The van der Waals surface area contributed by atoms with Gasteiger partial charge in [0.2, 0.25) is 5.95 Å². The van der Waals surface area contributed by atoms with E-state index in [1.54, 1.807) is 24.3 Å². The van der Waals surface area contributed by atoms with Crippen molar-refractivity contribution in [1.29, 1.82) is 0 Å². The van der Waals surface area contributed by atoms with Crippen molar-refractivity contribution < 1.29 is 13.2 Å². The van der Waals surface area contributed by atoms with Crippen LogP contribution in [0.1, 0.15) is 6.92 Å². The second kappa shape index (κ2) is 6.37. The van der Waals surface area contributed by atoms with Gasteiger partial charge in [0.15, 0.2) is 0 Å². The molecule has 0 fully saturated rings. The molecule has 2 rings (SSSR count). The number of hydrogen-bond donors (Lipinski definition) is 3. The molecule has 9 heteroatoms. The van der Waals surface area contributed by atoms with Crippen LogP contribution in [-0.2, 0) is 10.0 Å². The van der Waals surface area contributed by atoms with E-state index in [0.717, 1.165) is 0 Å². The van der Waals surface area contributed by atoms with Crippen molar-refractivity contribution >= 4 is 21.7 Å². The van der Waals surface area contributed by atoms with Crippen molar-refractivity contribution in [3.8, 4) is 5.75 Å². The summed E-state index contributed by atoms with van der Waals surface area (Å²) in [4.78, 5) is 7.45. The third-order valence-corrected chi connectivity index (χ3v) is 3.82. The molecule has 4 N–H and O–H groups in total. The summed E-state index contributed by atoms with van der Waals surface area (Å²) in [7, 11) is -3.75. The molecule has 8 nitrogen and oxygen atoms in total. The van der Waals surface area contributed by atoms with E-state index >= 15 is 0 Å². The van der Waals surface area contributed by atoms with Crippen LogP contribution in [0.5, 0.6) is 5.75 Å². The lowest BCUT2D eigenvalue weighted by Gasteiger charge is -2.09. The Bertz CT molecular complexity index is 686. The number of aromatic nitrogens is 2. The van der Waals surface area contributed by atoms with E-state index in [9.17, 15) is 8.42 Å². The van der Waals surface area contributed by atoms with Gasteiger partial charge in [-0.3, -0.25) is 10.1 Å². The standard InChI is InChI=1S/C12H15N5O3S/c1-2-20-10-5-3-9(4-6-10)17-21(18,19)11-7-14-12(16-13)15-8-11/h3-8,17H,2,13H2,1H3,(H,14,15,16). The molecule has 0 radical (unpaired) electrons. The number of benzene rings is 1.